The number of fused-ring (bicyclic) bond motifs is 1. The molecular weight excluding hydrogens is 280 g/mol. The first-order valence-electron chi connectivity index (χ1n) is 7.91. The first-order chi connectivity index (χ1) is 9.87. The fourth-order valence-electron chi connectivity index (χ4n) is 3.67. The number of allylic oxidation sites excluding steroid dienone is 2. The lowest BCUT2D eigenvalue weighted by atomic mass is 9.75. The Hall–Kier alpha value is -1.09. The van der Waals surface area contributed by atoms with Crippen molar-refractivity contribution in [1.82, 2.24) is 0 Å². The number of hydrogen-bond donors (Lipinski definition) is 1. The number of thiophene rings is 1. The van der Waals surface area contributed by atoms with E-state index < -0.39 is 5.97 Å². The quantitative estimate of drug-likeness (QED) is 0.765. The molecule has 2 aliphatic rings. The summed E-state index contributed by atoms with van der Waals surface area (Å²) in [6.07, 6.45) is 8.65. The Kier molecular flexibility index (Phi) is 3.73. The molecule has 0 saturated carbocycles. The topological polar surface area (TPSA) is 37.3 Å². The number of carboxylic acids is 1. The molecule has 1 aromatic rings. The second kappa shape index (κ2) is 5.28. The molecule has 0 radical (unpaired) electrons. The van der Waals surface area contributed by atoms with Crippen molar-refractivity contribution in [2.75, 3.05) is 0 Å². The second-order valence-electron chi connectivity index (χ2n) is 7.41. The van der Waals surface area contributed by atoms with Crippen molar-refractivity contribution in [2.45, 2.75) is 65.2 Å². The zero-order chi connectivity index (χ0) is 15.2. The van der Waals surface area contributed by atoms with Gasteiger partial charge in [0.05, 0.1) is 5.56 Å². The molecule has 0 fully saturated rings. The summed E-state index contributed by atoms with van der Waals surface area (Å²) in [5.74, 6) is -0.301. The summed E-state index contributed by atoms with van der Waals surface area (Å²) < 4.78 is 0. The lowest BCUT2D eigenvalue weighted by Crippen LogP contribution is -2.22. The molecule has 3 heteroatoms. The molecule has 0 aliphatic heterocycles. The van der Waals surface area contributed by atoms with Gasteiger partial charge in [0.2, 0.25) is 0 Å². The van der Waals surface area contributed by atoms with Crippen molar-refractivity contribution < 1.29 is 9.90 Å². The molecule has 21 heavy (non-hydrogen) atoms. The fourth-order valence-corrected chi connectivity index (χ4v) is 5.13. The standard InChI is InChI=1S/C18H24O2S/c1-11-4-6-12(7-5-11)16-15(17(19)20)13-10-18(2,3)9-8-14(13)21-16/h4,12H,5-10H2,1-3H3,(H,19,20). The van der Waals surface area contributed by atoms with E-state index in [2.05, 4.69) is 26.8 Å². The molecular formula is C18H24O2S. The first kappa shape index (κ1) is 14.8. The van der Waals surface area contributed by atoms with Crippen LogP contribution in [-0.2, 0) is 12.8 Å². The Balaban J connectivity index is 2.02. The van der Waals surface area contributed by atoms with Crippen molar-refractivity contribution in [1.29, 1.82) is 0 Å². The van der Waals surface area contributed by atoms with Crippen molar-refractivity contribution in [3.63, 3.8) is 0 Å². The molecule has 3 rings (SSSR count). The number of aryl methyl sites for hydroxylation is 1. The van der Waals surface area contributed by atoms with Crippen molar-refractivity contribution in [3.05, 3.63) is 32.5 Å². The van der Waals surface area contributed by atoms with E-state index in [9.17, 15) is 9.90 Å². The van der Waals surface area contributed by atoms with Crippen LogP contribution in [0.1, 0.15) is 78.0 Å². The summed E-state index contributed by atoms with van der Waals surface area (Å²) in [6, 6.07) is 0. The zero-order valence-electron chi connectivity index (χ0n) is 13.2. The van der Waals surface area contributed by atoms with E-state index >= 15 is 0 Å². The third-order valence-corrected chi connectivity index (χ3v) is 6.48. The predicted octanol–water partition coefficient (Wildman–Crippen LogP) is 5.18. The van der Waals surface area contributed by atoms with E-state index in [1.54, 1.807) is 11.3 Å². The van der Waals surface area contributed by atoms with Gasteiger partial charge in [-0.1, -0.05) is 25.5 Å². The minimum Gasteiger partial charge on any atom is -0.478 e. The molecule has 1 unspecified atom stereocenters. The summed E-state index contributed by atoms with van der Waals surface area (Å²) in [4.78, 5) is 14.4. The van der Waals surface area contributed by atoms with E-state index in [0.717, 1.165) is 42.5 Å². The van der Waals surface area contributed by atoms with E-state index in [-0.39, 0.29) is 5.41 Å². The Morgan fingerprint density at radius 2 is 2.14 bits per heavy atom. The van der Waals surface area contributed by atoms with Crippen LogP contribution in [0.2, 0.25) is 0 Å². The lowest BCUT2D eigenvalue weighted by molar-refractivity contribution is 0.0693. The van der Waals surface area contributed by atoms with Gasteiger partial charge >= 0.3 is 5.97 Å². The largest absolute Gasteiger partial charge is 0.478 e. The van der Waals surface area contributed by atoms with Crippen LogP contribution in [0, 0.1) is 5.41 Å². The number of rotatable bonds is 2. The molecule has 1 heterocycles. The molecule has 1 N–H and O–H groups in total. The molecule has 0 saturated heterocycles. The highest BCUT2D eigenvalue weighted by molar-refractivity contribution is 7.12. The summed E-state index contributed by atoms with van der Waals surface area (Å²) in [7, 11) is 0. The summed E-state index contributed by atoms with van der Waals surface area (Å²) in [6.45, 7) is 6.69. The Bertz CT molecular complexity index is 607. The van der Waals surface area contributed by atoms with Crippen molar-refractivity contribution >= 4 is 17.3 Å². The van der Waals surface area contributed by atoms with E-state index in [4.69, 9.17) is 0 Å². The van der Waals surface area contributed by atoms with Gasteiger partial charge in [0.25, 0.3) is 0 Å². The normalized spacial score (nSPS) is 24.3. The van der Waals surface area contributed by atoms with Gasteiger partial charge in [-0.15, -0.1) is 11.3 Å². The second-order valence-corrected chi connectivity index (χ2v) is 8.55. The predicted molar refractivity (Wildman–Crippen MR) is 87.4 cm³/mol. The number of carboxylic acid groups (broad SMARTS) is 1. The van der Waals surface area contributed by atoms with Crippen molar-refractivity contribution in [2.24, 2.45) is 5.41 Å². The van der Waals surface area contributed by atoms with Crippen LogP contribution in [0.5, 0.6) is 0 Å². The van der Waals surface area contributed by atoms with Gasteiger partial charge in [-0.3, -0.25) is 0 Å². The summed E-state index contributed by atoms with van der Waals surface area (Å²) in [5, 5.41) is 9.75. The van der Waals surface area contributed by atoms with Crippen LogP contribution in [-0.4, -0.2) is 11.1 Å². The number of aromatic carboxylic acids is 1. The van der Waals surface area contributed by atoms with Gasteiger partial charge in [-0.05, 0) is 62.3 Å². The minimum atomic E-state index is -0.716. The monoisotopic (exact) mass is 304 g/mol. The molecule has 0 amide bonds. The smallest absolute Gasteiger partial charge is 0.337 e. The highest BCUT2D eigenvalue weighted by Crippen LogP contribution is 2.46. The summed E-state index contributed by atoms with van der Waals surface area (Å²) >= 11 is 1.79. The molecule has 1 atom stereocenters. The third-order valence-electron chi connectivity index (χ3n) is 5.02. The highest BCUT2D eigenvalue weighted by atomic mass is 32.1. The summed E-state index contributed by atoms with van der Waals surface area (Å²) in [5.41, 5.74) is 3.48. The molecule has 0 aromatic carbocycles. The van der Waals surface area contributed by atoms with Gasteiger partial charge < -0.3 is 5.11 Å². The number of hydrogen-bond acceptors (Lipinski definition) is 2. The van der Waals surface area contributed by atoms with Crippen LogP contribution >= 0.6 is 11.3 Å². The van der Waals surface area contributed by atoms with Gasteiger partial charge in [0.1, 0.15) is 0 Å². The Morgan fingerprint density at radius 1 is 1.38 bits per heavy atom. The van der Waals surface area contributed by atoms with Crippen LogP contribution in [0.4, 0.5) is 0 Å². The average molecular weight is 304 g/mol. The lowest BCUT2D eigenvalue weighted by Gasteiger charge is -2.29. The molecule has 114 valence electrons. The maximum atomic E-state index is 11.9. The molecule has 1 aromatic heterocycles. The van der Waals surface area contributed by atoms with Crippen LogP contribution in [0.3, 0.4) is 0 Å². The molecule has 0 spiro atoms. The maximum absolute atomic E-state index is 11.9. The van der Waals surface area contributed by atoms with E-state index in [1.165, 1.54) is 16.9 Å². The Morgan fingerprint density at radius 3 is 2.76 bits per heavy atom. The SMILES string of the molecule is CC1=CCC(c2sc3c(c2C(=O)O)CC(C)(C)CC3)CC1. The van der Waals surface area contributed by atoms with E-state index in [0.29, 0.717) is 11.5 Å². The Labute approximate surface area is 130 Å². The first-order valence-corrected chi connectivity index (χ1v) is 8.72. The number of carbonyl (C=O) groups is 1. The third kappa shape index (κ3) is 2.80. The molecule has 2 nitrogen and oxygen atoms in total. The zero-order valence-corrected chi connectivity index (χ0v) is 14.0. The van der Waals surface area contributed by atoms with E-state index in [1.807, 2.05) is 0 Å². The fraction of sp³-hybridized carbons (Fsp3) is 0.611. The average Bonchev–Trinajstić information content (AvgIpc) is 2.76. The van der Waals surface area contributed by atoms with Crippen LogP contribution in [0.15, 0.2) is 11.6 Å². The maximum Gasteiger partial charge on any atom is 0.337 e. The van der Waals surface area contributed by atoms with Gasteiger partial charge in [-0.25, -0.2) is 4.79 Å². The van der Waals surface area contributed by atoms with Gasteiger partial charge in [-0.2, -0.15) is 0 Å². The molecule has 0 bridgehead atoms. The van der Waals surface area contributed by atoms with Crippen LogP contribution in [0.25, 0.3) is 0 Å². The van der Waals surface area contributed by atoms with Gasteiger partial charge in [0.15, 0.2) is 0 Å². The van der Waals surface area contributed by atoms with Crippen molar-refractivity contribution in [3.8, 4) is 0 Å². The van der Waals surface area contributed by atoms with Crippen LogP contribution < -0.4 is 0 Å². The highest BCUT2D eigenvalue weighted by Gasteiger charge is 2.34. The molecule has 2 aliphatic carbocycles. The van der Waals surface area contributed by atoms with Gasteiger partial charge in [0, 0.05) is 9.75 Å². The minimum absolute atomic E-state index is 0.235.